The van der Waals surface area contributed by atoms with Gasteiger partial charge in [-0.05, 0) is 12.1 Å². The molecule has 2 N–H and O–H groups in total. The third-order valence-electron chi connectivity index (χ3n) is 2.48. The predicted molar refractivity (Wildman–Crippen MR) is 74.9 cm³/mol. The molecule has 0 saturated carbocycles. The van der Waals surface area contributed by atoms with Crippen molar-refractivity contribution in [2.24, 2.45) is 0 Å². The molecule has 10 heteroatoms. The second-order valence-corrected chi connectivity index (χ2v) is 4.57. The van der Waals surface area contributed by atoms with Crippen molar-refractivity contribution in [3.8, 4) is 11.8 Å². The molecule has 0 saturated heterocycles. The van der Waals surface area contributed by atoms with Crippen LogP contribution < -0.4 is 5.73 Å². The molecule has 0 atom stereocenters. The monoisotopic (exact) mass is 344 g/mol. The van der Waals surface area contributed by atoms with Crippen molar-refractivity contribution in [2.45, 2.75) is 6.18 Å². The van der Waals surface area contributed by atoms with E-state index in [1.54, 1.807) is 6.07 Å². The van der Waals surface area contributed by atoms with Gasteiger partial charge in [-0.15, -0.1) is 0 Å². The van der Waals surface area contributed by atoms with Crippen LogP contribution in [0.25, 0.3) is 5.69 Å². The Bertz CT molecular complexity index is 698. The Morgan fingerprint density at radius 1 is 1.24 bits per heavy atom. The number of hydrogen-bond donors (Lipinski definition) is 1. The Hall–Kier alpha value is -0.910. The first-order valence-electron chi connectivity index (χ1n) is 5.06. The summed E-state index contributed by atoms with van der Waals surface area (Å²) in [5.41, 5.74) is 4.72. The second-order valence-electron chi connectivity index (χ2n) is 3.75. The molecule has 0 spiro atoms. The molecule has 0 fully saturated rings. The van der Waals surface area contributed by atoms with Gasteiger partial charge in [0.15, 0.2) is 0 Å². The van der Waals surface area contributed by atoms with Crippen molar-refractivity contribution >= 4 is 58.6 Å². The van der Waals surface area contributed by atoms with Crippen LogP contribution in [0.5, 0.6) is 0 Å². The molecule has 0 unspecified atom stereocenters. The van der Waals surface area contributed by atoms with Gasteiger partial charge in [-0.2, -0.15) is 23.5 Å². The number of halogens is 5. The normalized spacial score (nSPS) is 10.9. The van der Waals surface area contributed by atoms with Gasteiger partial charge in [0.05, 0.1) is 21.8 Å². The van der Waals surface area contributed by atoms with Crippen molar-refractivity contribution in [3.63, 3.8) is 0 Å². The van der Waals surface area contributed by atoms with Gasteiger partial charge < -0.3 is 5.73 Å². The van der Waals surface area contributed by atoms with Gasteiger partial charge in [0.25, 0.3) is 0 Å². The zero-order valence-electron chi connectivity index (χ0n) is 9.54. The van der Waals surface area contributed by atoms with Gasteiger partial charge in [0.1, 0.15) is 23.1 Å². The number of aromatic nitrogens is 2. The van der Waals surface area contributed by atoms with E-state index >= 15 is 0 Å². The van der Waals surface area contributed by atoms with Crippen LogP contribution >= 0.6 is 23.2 Å². The van der Waals surface area contributed by atoms with Gasteiger partial charge in [0, 0.05) is 0 Å². The number of nitrogen functional groups attached to an aromatic ring is 1. The number of nitrogens with zero attached hydrogens (tertiary/aromatic N) is 3. The number of nitrogens with two attached hydrogens (primary N) is 1. The van der Waals surface area contributed by atoms with Crippen molar-refractivity contribution in [1.82, 2.24) is 9.78 Å². The average molecular weight is 345 g/mol. The van der Waals surface area contributed by atoms with E-state index in [1.807, 2.05) is 0 Å². The molecule has 0 aliphatic rings. The van der Waals surface area contributed by atoms with Crippen LogP contribution in [0.15, 0.2) is 18.3 Å². The van der Waals surface area contributed by atoms with Crippen LogP contribution in [0.4, 0.5) is 19.0 Å². The van der Waals surface area contributed by atoms with E-state index in [0.717, 1.165) is 16.8 Å². The molecule has 1 aromatic heterocycles. The van der Waals surface area contributed by atoms with Gasteiger partial charge in [-0.3, -0.25) is 0 Å². The van der Waals surface area contributed by atoms with Crippen molar-refractivity contribution < 1.29 is 13.2 Å². The molecular formula is C11H6Cl2F3N4Na. The molecule has 0 radical (unpaired) electrons. The summed E-state index contributed by atoms with van der Waals surface area (Å²) in [5, 5.41) is 12.0. The van der Waals surface area contributed by atoms with E-state index in [-0.39, 0.29) is 56.7 Å². The van der Waals surface area contributed by atoms with Crippen LogP contribution in [-0.4, -0.2) is 39.3 Å². The summed E-state index contributed by atoms with van der Waals surface area (Å²) in [6.07, 6.45) is -3.40. The quantitative estimate of drug-likeness (QED) is 0.808. The summed E-state index contributed by atoms with van der Waals surface area (Å²) < 4.78 is 38.9. The summed E-state index contributed by atoms with van der Waals surface area (Å²) in [5.74, 6) is -0.0592. The predicted octanol–water partition coefficient (Wildman–Crippen LogP) is 3.00. The third kappa shape index (κ3) is 3.47. The standard InChI is InChI=1S/C11H5Cl2F3N4.Na.H/c12-7-1-6(11(14,15)16)2-8(13)9(7)20-10(18)5(3-17)4-19-20;;/h1-2,4H,18H2;;. The second kappa shape index (κ2) is 6.46. The Morgan fingerprint density at radius 2 is 1.76 bits per heavy atom. The topological polar surface area (TPSA) is 67.6 Å². The molecule has 21 heavy (non-hydrogen) atoms. The molecule has 2 rings (SSSR count). The van der Waals surface area contributed by atoms with Crippen molar-refractivity contribution in [3.05, 3.63) is 39.5 Å². The zero-order valence-corrected chi connectivity index (χ0v) is 11.1. The molecule has 1 aromatic carbocycles. The van der Waals surface area contributed by atoms with Crippen LogP contribution in [0.3, 0.4) is 0 Å². The first kappa shape index (κ1) is 18.1. The molecule has 106 valence electrons. The first-order chi connectivity index (χ1) is 9.25. The van der Waals surface area contributed by atoms with E-state index in [1.165, 1.54) is 6.20 Å². The van der Waals surface area contributed by atoms with E-state index in [2.05, 4.69) is 5.10 Å². The summed E-state index contributed by atoms with van der Waals surface area (Å²) in [4.78, 5) is 0. The minimum absolute atomic E-state index is 0. The van der Waals surface area contributed by atoms with Crippen molar-refractivity contribution in [1.29, 1.82) is 5.26 Å². The van der Waals surface area contributed by atoms with Gasteiger partial charge in [-0.1, -0.05) is 23.2 Å². The number of nitriles is 1. The molecule has 0 aliphatic carbocycles. The Kier molecular flexibility index (Phi) is 5.58. The summed E-state index contributed by atoms with van der Waals surface area (Å²) >= 11 is 11.6. The molecule has 0 bridgehead atoms. The zero-order chi connectivity index (χ0) is 15.1. The van der Waals surface area contributed by atoms with E-state index in [0.29, 0.717) is 0 Å². The van der Waals surface area contributed by atoms with Crippen LogP contribution in [-0.2, 0) is 6.18 Å². The van der Waals surface area contributed by atoms with Crippen molar-refractivity contribution in [2.75, 3.05) is 5.73 Å². The molecule has 2 aromatic rings. The van der Waals surface area contributed by atoms with Gasteiger partial charge in [-0.25, -0.2) is 4.68 Å². The molecule has 0 amide bonds. The summed E-state index contributed by atoms with van der Waals surface area (Å²) in [7, 11) is 0. The van der Waals surface area contributed by atoms with E-state index < -0.39 is 11.7 Å². The Labute approximate surface area is 149 Å². The van der Waals surface area contributed by atoms with E-state index in [4.69, 9.17) is 34.2 Å². The summed E-state index contributed by atoms with van der Waals surface area (Å²) in [6, 6.07) is 3.22. The Balaban J connectivity index is 0.00000220. The third-order valence-corrected chi connectivity index (χ3v) is 3.06. The fourth-order valence-electron chi connectivity index (χ4n) is 1.55. The van der Waals surface area contributed by atoms with Gasteiger partial charge >= 0.3 is 35.7 Å². The summed E-state index contributed by atoms with van der Waals surface area (Å²) in [6.45, 7) is 0. The van der Waals surface area contributed by atoms with Gasteiger partial charge in [0.2, 0.25) is 0 Å². The number of benzene rings is 1. The molecule has 0 aliphatic heterocycles. The molecule has 4 nitrogen and oxygen atoms in total. The molecule has 1 heterocycles. The number of hydrogen-bond acceptors (Lipinski definition) is 3. The fourth-order valence-corrected chi connectivity index (χ4v) is 2.20. The SMILES string of the molecule is N#Cc1cnn(-c2c(Cl)cc(C(F)(F)F)cc2Cl)c1N.[NaH]. The number of alkyl halides is 3. The molecular weight excluding hydrogens is 339 g/mol. The number of rotatable bonds is 1. The fraction of sp³-hybridized carbons (Fsp3) is 0.0909. The minimum atomic E-state index is -4.57. The van der Waals surface area contributed by atoms with E-state index in [9.17, 15) is 13.2 Å². The van der Waals surface area contributed by atoms with Crippen LogP contribution in [0.2, 0.25) is 10.0 Å². The van der Waals surface area contributed by atoms with Crippen LogP contribution in [0, 0.1) is 11.3 Å². The maximum absolute atomic E-state index is 12.6. The average Bonchev–Trinajstić information content (AvgIpc) is 2.69. The van der Waals surface area contributed by atoms with Crippen LogP contribution in [0.1, 0.15) is 11.1 Å². The Morgan fingerprint density at radius 3 is 2.14 bits per heavy atom. The maximum atomic E-state index is 12.6. The number of anilines is 1. The first-order valence-corrected chi connectivity index (χ1v) is 5.81.